The number of halogens is 2. The van der Waals surface area contributed by atoms with Gasteiger partial charge < -0.3 is 35.5 Å². The van der Waals surface area contributed by atoms with E-state index >= 15 is 0 Å². The average molecular weight is 636 g/mol. The molecule has 44 heavy (non-hydrogen) atoms. The average Bonchev–Trinajstić information content (AvgIpc) is 3.93. The number of urea groups is 1. The highest BCUT2D eigenvalue weighted by Crippen LogP contribution is 2.36. The van der Waals surface area contributed by atoms with E-state index in [0.29, 0.717) is 38.8 Å². The Balaban J connectivity index is 1.20. The molecule has 0 bridgehead atoms. The summed E-state index contributed by atoms with van der Waals surface area (Å²) in [4.78, 5) is 41.9. The molecule has 226 valence electrons. The summed E-state index contributed by atoms with van der Waals surface area (Å²) >= 11 is 12.8. The number of rotatable bonds is 9. The predicted molar refractivity (Wildman–Crippen MR) is 167 cm³/mol. The third kappa shape index (κ3) is 7.07. The molecule has 2 saturated carbocycles. The van der Waals surface area contributed by atoms with Crippen LogP contribution in [0.25, 0.3) is 10.9 Å². The first-order valence-electron chi connectivity index (χ1n) is 13.9. The van der Waals surface area contributed by atoms with Crippen LogP contribution in [-0.4, -0.2) is 42.2 Å². The molecule has 0 saturated heterocycles. The van der Waals surface area contributed by atoms with E-state index in [1.54, 1.807) is 48.7 Å². The predicted octanol–water partition coefficient (Wildman–Crippen LogP) is 7.13. The van der Waals surface area contributed by atoms with Crippen molar-refractivity contribution < 1.29 is 28.6 Å². The van der Waals surface area contributed by atoms with Crippen molar-refractivity contribution in [2.45, 2.75) is 37.8 Å². The number of methoxy groups -OCH3 is 1. The van der Waals surface area contributed by atoms with Gasteiger partial charge in [-0.05, 0) is 62.1 Å². The molecule has 1 heterocycles. The van der Waals surface area contributed by atoms with Crippen molar-refractivity contribution in [1.29, 1.82) is 0 Å². The number of anilines is 2. The maximum Gasteiger partial charge on any atom is 0.412 e. The number of hydrogen-bond donors (Lipinski definition) is 4. The van der Waals surface area contributed by atoms with Crippen LogP contribution in [0, 0.1) is 0 Å². The van der Waals surface area contributed by atoms with Crippen LogP contribution in [-0.2, 0) is 0 Å². The lowest BCUT2D eigenvalue weighted by atomic mass is 10.1. The van der Waals surface area contributed by atoms with Crippen molar-refractivity contribution in [2.24, 2.45) is 0 Å². The first kappa shape index (κ1) is 29.3. The number of nitrogens with one attached hydrogen (secondary N) is 4. The van der Waals surface area contributed by atoms with Gasteiger partial charge in [-0.15, -0.1) is 0 Å². The lowest BCUT2D eigenvalue weighted by Crippen LogP contribution is -2.30. The Hall–Kier alpha value is -4.74. The van der Waals surface area contributed by atoms with E-state index in [-0.39, 0.29) is 40.2 Å². The molecule has 0 radical (unpaired) electrons. The number of nitrogens with zero attached hydrogens (tertiary/aromatic N) is 1. The topological polar surface area (TPSA) is 140 Å². The molecule has 0 aliphatic heterocycles. The highest BCUT2D eigenvalue weighted by molar-refractivity contribution is 6.34. The van der Waals surface area contributed by atoms with Crippen molar-refractivity contribution >= 4 is 63.5 Å². The molecule has 3 aromatic carbocycles. The highest BCUT2D eigenvalue weighted by Gasteiger charge is 2.25. The lowest BCUT2D eigenvalue weighted by molar-refractivity contribution is 0.102. The first-order chi connectivity index (χ1) is 21.2. The molecular formula is C31H27Cl2N5O6. The van der Waals surface area contributed by atoms with E-state index in [1.165, 1.54) is 19.2 Å². The summed E-state index contributed by atoms with van der Waals surface area (Å²) in [7, 11) is 1.45. The number of hydrogen-bond acceptors (Lipinski definition) is 7. The Labute approximate surface area is 262 Å². The van der Waals surface area contributed by atoms with Gasteiger partial charge in [0.1, 0.15) is 23.0 Å². The van der Waals surface area contributed by atoms with E-state index < -0.39 is 12.0 Å². The largest absolute Gasteiger partial charge is 0.496 e. The molecule has 1 aromatic heterocycles. The number of ether oxygens (including phenoxy) is 3. The maximum absolute atomic E-state index is 13.4. The molecule has 0 unspecified atom stereocenters. The van der Waals surface area contributed by atoms with Crippen LogP contribution in [0.1, 0.15) is 36.0 Å². The second kappa shape index (κ2) is 12.5. The summed E-state index contributed by atoms with van der Waals surface area (Å²) in [5.41, 5.74) is 1.49. The summed E-state index contributed by atoms with van der Waals surface area (Å²) in [6.07, 6.45) is 4.83. The van der Waals surface area contributed by atoms with Crippen molar-refractivity contribution in [1.82, 2.24) is 15.6 Å². The lowest BCUT2D eigenvalue weighted by Gasteiger charge is -2.15. The van der Waals surface area contributed by atoms with Gasteiger partial charge in [-0.1, -0.05) is 23.2 Å². The molecule has 6 rings (SSSR count). The molecule has 11 nitrogen and oxygen atoms in total. The number of aromatic nitrogens is 1. The summed E-state index contributed by atoms with van der Waals surface area (Å²) in [5.74, 6) is 0.864. The van der Waals surface area contributed by atoms with Crippen LogP contribution in [0.15, 0.2) is 60.8 Å². The van der Waals surface area contributed by atoms with Crippen molar-refractivity contribution in [3.8, 4) is 23.0 Å². The Kier molecular flexibility index (Phi) is 8.32. The quantitative estimate of drug-likeness (QED) is 0.153. The summed E-state index contributed by atoms with van der Waals surface area (Å²) in [5, 5.41) is 12.1. The van der Waals surface area contributed by atoms with Crippen LogP contribution >= 0.6 is 23.2 Å². The molecule has 2 aliphatic rings. The normalized spacial score (nSPS) is 14.0. The van der Waals surface area contributed by atoms with Gasteiger partial charge in [0.2, 0.25) is 0 Å². The summed E-state index contributed by atoms with van der Waals surface area (Å²) in [6, 6.07) is 14.4. The molecule has 4 amide bonds. The Morgan fingerprint density at radius 1 is 0.795 bits per heavy atom. The Morgan fingerprint density at radius 3 is 2.14 bits per heavy atom. The van der Waals surface area contributed by atoms with Gasteiger partial charge in [-0.2, -0.15) is 0 Å². The fourth-order valence-electron chi connectivity index (χ4n) is 4.32. The van der Waals surface area contributed by atoms with Crippen LogP contribution in [0.3, 0.4) is 0 Å². The van der Waals surface area contributed by atoms with Crippen molar-refractivity contribution in [2.75, 3.05) is 17.7 Å². The second-order valence-corrected chi connectivity index (χ2v) is 11.2. The van der Waals surface area contributed by atoms with E-state index in [2.05, 4.69) is 26.3 Å². The minimum atomic E-state index is -0.556. The number of amides is 4. The van der Waals surface area contributed by atoms with Gasteiger partial charge in [0.15, 0.2) is 0 Å². The van der Waals surface area contributed by atoms with E-state index in [4.69, 9.17) is 37.4 Å². The number of pyridine rings is 1. The molecule has 4 aromatic rings. The minimum Gasteiger partial charge on any atom is -0.496 e. The standard InChI is InChI=1S/C31H27Cl2N5O6/c1-42-28-15-26-20(14-21(28)29(39)37-24-8-7-19(13-22(24)32)44-31(41)36-17-4-5-17)27(10-11-34-26)43-18-6-9-25(23(33)12-18)38-30(40)35-16-2-3-16/h6-17H,2-5H2,1H3,(H,36,41)(H,37,39)(H2,35,38,40). The first-order valence-corrected chi connectivity index (χ1v) is 14.6. The van der Waals surface area contributed by atoms with Crippen LogP contribution in [0.4, 0.5) is 21.0 Å². The smallest absolute Gasteiger partial charge is 0.412 e. The fourth-order valence-corrected chi connectivity index (χ4v) is 4.76. The van der Waals surface area contributed by atoms with E-state index in [1.807, 2.05) is 0 Å². The maximum atomic E-state index is 13.4. The highest BCUT2D eigenvalue weighted by atomic mass is 35.5. The third-order valence-corrected chi connectivity index (χ3v) is 7.52. The van der Waals surface area contributed by atoms with Gasteiger partial charge in [-0.25, -0.2) is 9.59 Å². The van der Waals surface area contributed by atoms with Gasteiger partial charge in [0.05, 0.1) is 39.6 Å². The fraction of sp³-hybridized carbons (Fsp3) is 0.226. The van der Waals surface area contributed by atoms with Gasteiger partial charge in [-0.3, -0.25) is 9.78 Å². The third-order valence-electron chi connectivity index (χ3n) is 6.90. The van der Waals surface area contributed by atoms with E-state index in [0.717, 1.165) is 25.7 Å². The number of fused-ring (bicyclic) bond motifs is 1. The van der Waals surface area contributed by atoms with Gasteiger partial charge in [0.25, 0.3) is 5.91 Å². The monoisotopic (exact) mass is 635 g/mol. The number of carbonyl (C=O) groups is 3. The molecular weight excluding hydrogens is 609 g/mol. The number of benzene rings is 3. The molecule has 4 N–H and O–H groups in total. The zero-order valence-electron chi connectivity index (χ0n) is 23.4. The van der Waals surface area contributed by atoms with Gasteiger partial charge >= 0.3 is 12.1 Å². The Morgan fingerprint density at radius 2 is 1.45 bits per heavy atom. The molecule has 0 spiro atoms. The van der Waals surface area contributed by atoms with Crippen molar-refractivity contribution in [3.63, 3.8) is 0 Å². The zero-order chi connectivity index (χ0) is 30.8. The summed E-state index contributed by atoms with van der Waals surface area (Å²) < 4.78 is 16.9. The molecule has 0 atom stereocenters. The number of carbonyl (C=O) groups excluding carboxylic acids is 3. The van der Waals surface area contributed by atoms with Crippen LogP contribution in [0.5, 0.6) is 23.0 Å². The molecule has 13 heteroatoms. The van der Waals surface area contributed by atoms with Crippen LogP contribution in [0.2, 0.25) is 10.0 Å². The van der Waals surface area contributed by atoms with E-state index in [9.17, 15) is 14.4 Å². The van der Waals surface area contributed by atoms with Crippen molar-refractivity contribution in [3.05, 3.63) is 76.4 Å². The molecule has 2 aliphatic carbocycles. The second-order valence-electron chi connectivity index (χ2n) is 10.4. The zero-order valence-corrected chi connectivity index (χ0v) is 24.9. The minimum absolute atomic E-state index is 0.154. The summed E-state index contributed by atoms with van der Waals surface area (Å²) in [6.45, 7) is 0. The van der Waals surface area contributed by atoms with Gasteiger partial charge in [0, 0.05) is 41.9 Å². The Bertz CT molecular complexity index is 1780. The molecule has 2 fully saturated rings. The SMILES string of the molecule is COc1cc2nccc(Oc3ccc(NC(=O)NC4CC4)c(Cl)c3)c2cc1C(=O)Nc1ccc(OC(=O)NC2CC2)cc1Cl. The van der Waals surface area contributed by atoms with Crippen LogP contribution < -0.4 is 35.5 Å².